The largest absolute Gasteiger partial charge is 0.480 e. The molecule has 2 heterocycles. The van der Waals surface area contributed by atoms with Gasteiger partial charge in [0.2, 0.25) is 0 Å². The van der Waals surface area contributed by atoms with Gasteiger partial charge in [0.25, 0.3) is 0 Å². The number of furan rings is 1. The molecule has 18 heavy (non-hydrogen) atoms. The molecule has 1 aromatic rings. The molecule has 3 rings (SSSR count). The third kappa shape index (κ3) is 2.05. The highest BCUT2D eigenvalue weighted by atomic mass is 16.4. The summed E-state index contributed by atoms with van der Waals surface area (Å²) >= 11 is 0. The third-order valence-corrected chi connectivity index (χ3v) is 4.45. The molecular formula is C14H19NO3. The minimum atomic E-state index is -0.673. The van der Waals surface area contributed by atoms with Gasteiger partial charge in [0.15, 0.2) is 0 Å². The maximum atomic E-state index is 11.4. The van der Waals surface area contributed by atoms with E-state index in [1.807, 2.05) is 6.07 Å². The molecule has 1 saturated heterocycles. The molecule has 0 amide bonds. The van der Waals surface area contributed by atoms with Crippen molar-refractivity contribution in [3.05, 3.63) is 24.2 Å². The Labute approximate surface area is 107 Å². The van der Waals surface area contributed by atoms with E-state index in [0.29, 0.717) is 18.5 Å². The van der Waals surface area contributed by atoms with Crippen molar-refractivity contribution in [3.63, 3.8) is 0 Å². The fraction of sp³-hybridized carbons (Fsp3) is 0.643. The Bertz CT molecular complexity index is 415. The highest BCUT2D eigenvalue weighted by molar-refractivity contribution is 5.74. The van der Waals surface area contributed by atoms with Crippen LogP contribution in [0.25, 0.3) is 0 Å². The fourth-order valence-electron chi connectivity index (χ4n) is 3.62. The summed E-state index contributed by atoms with van der Waals surface area (Å²) in [4.78, 5) is 13.6. The minimum absolute atomic E-state index is 0.312. The van der Waals surface area contributed by atoms with Gasteiger partial charge in [0, 0.05) is 18.2 Å². The molecule has 1 saturated carbocycles. The molecule has 3 atom stereocenters. The molecule has 4 heteroatoms. The van der Waals surface area contributed by atoms with E-state index in [9.17, 15) is 9.90 Å². The number of nitrogens with zero attached hydrogens (tertiary/aromatic N) is 1. The topological polar surface area (TPSA) is 53.7 Å². The monoisotopic (exact) mass is 249 g/mol. The highest BCUT2D eigenvalue weighted by Gasteiger charge is 2.44. The number of likely N-dealkylation sites (tertiary alicyclic amines) is 1. The van der Waals surface area contributed by atoms with Crippen molar-refractivity contribution < 1.29 is 14.3 Å². The van der Waals surface area contributed by atoms with Crippen molar-refractivity contribution in [2.24, 2.45) is 5.92 Å². The quantitative estimate of drug-likeness (QED) is 0.894. The van der Waals surface area contributed by atoms with E-state index < -0.39 is 5.97 Å². The van der Waals surface area contributed by atoms with Gasteiger partial charge in [0.1, 0.15) is 6.04 Å². The van der Waals surface area contributed by atoms with E-state index in [4.69, 9.17) is 4.42 Å². The van der Waals surface area contributed by atoms with Crippen LogP contribution in [0.5, 0.6) is 0 Å². The Morgan fingerprint density at radius 2 is 2.28 bits per heavy atom. The van der Waals surface area contributed by atoms with Gasteiger partial charge in [-0.2, -0.15) is 0 Å². The molecule has 0 radical (unpaired) electrons. The Morgan fingerprint density at radius 3 is 3.00 bits per heavy atom. The first-order valence-corrected chi connectivity index (χ1v) is 6.75. The van der Waals surface area contributed by atoms with E-state index in [0.717, 1.165) is 18.4 Å². The molecule has 2 fully saturated rings. The normalized spacial score (nSPS) is 32.3. The summed E-state index contributed by atoms with van der Waals surface area (Å²) in [6, 6.07) is 2.07. The summed E-state index contributed by atoms with van der Waals surface area (Å²) in [5, 5.41) is 9.39. The summed E-state index contributed by atoms with van der Waals surface area (Å²) in [5.41, 5.74) is 1.08. The minimum Gasteiger partial charge on any atom is -0.480 e. The molecule has 0 spiro atoms. The molecule has 1 N–H and O–H groups in total. The second-order valence-corrected chi connectivity index (χ2v) is 5.51. The predicted octanol–water partition coefficient (Wildman–Crippen LogP) is 2.50. The number of fused-ring (bicyclic) bond motifs is 1. The number of hydrogen-bond acceptors (Lipinski definition) is 3. The smallest absolute Gasteiger partial charge is 0.320 e. The maximum absolute atomic E-state index is 11.4. The summed E-state index contributed by atoms with van der Waals surface area (Å²) in [5.74, 6) is -0.0976. The molecule has 1 aliphatic heterocycles. The number of hydrogen-bond donors (Lipinski definition) is 1. The van der Waals surface area contributed by atoms with Gasteiger partial charge >= 0.3 is 5.97 Å². The van der Waals surface area contributed by atoms with E-state index in [1.54, 1.807) is 12.5 Å². The van der Waals surface area contributed by atoms with Crippen LogP contribution < -0.4 is 0 Å². The van der Waals surface area contributed by atoms with Crippen molar-refractivity contribution in [2.45, 2.75) is 50.7 Å². The van der Waals surface area contributed by atoms with Crippen molar-refractivity contribution >= 4 is 5.97 Å². The molecule has 2 aliphatic rings. The first-order valence-electron chi connectivity index (χ1n) is 6.75. The molecule has 98 valence electrons. The zero-order chi connectivity index (χ0) is 12.5. The lowest BCUT2D eigenvalue weighted by molar-refractivity contribution is -0.142. The van der Waals surface area contributed by atoms with Gasteiger partial charge in [-0.05, 0) is 31.2 Å². The maximum Gasteiger partial charge on any atom is 0.320 e. The lowest BCUT2D eigenvalue weighted by Gasteiger charge is -2.32. The second-order valence-electron chi connectivity index (χ2n) is 5.51. The van der Waals surface area contributed by atoms with Crippen LogP contribution in [0, 0.1) is 5.92 Å². The SMILES string of the molecule is O=C(O)C1CC2CCCCC2N1Cc1ccoc1. The lowest BCUT2D eigenvalue weighted by Crippen LogP contribution is -2.41. The van der Waals surface area contributed by atoms with Gasteiger partial charge in [-0.15, -0.1) is 0 Å². The first kappa shape index (κ1) is 11.8. The number of rotatable bonds is 3. The molecule has 1 aliphatic carbocycles. The number of carbonyl (C=O) groups is 1. The number of carboxylic acid groups (broad SMARTS) is 1. The van der Waals surface area contributed by atoms with E-state index in [1.165, 1.54) is 19.3 Å². The fourth-order valence-corrected chi connectivity index (χ4v) is 3.62. The van der Waals surface area contributed by atoms with Gasteiger partial charge in [0.05, 0.1) is 12.5 Å². The average molecular weight is 249 g/mol. The molecule has 1 aromatic heterocycles. The Hall–Kier alpha value is -1.29. The van der Waals surface area contributed by atoms with Crippen LogP contribution in [-0.2, 0) is 11.3 Å². The van der Waals surface area contributed by atoms with Crippen LogP contribution >= 0.6 is 0 Å². The van der Waals surface area contributed by atoms with Crippen molar-refractivity contribution in [3.8, 4) is 0 Å². The standard InChI is InChI=1S/C14H19NO3/c16-14(17)13-7-11-3-1-2-4-12(11)15(13)8-10-5-6-18-9-10/h5-6,9,11-13H,1-4,7-8H2,(H,16,17). The number of carboxylic acids is 1. The number of aliphatic carboxylic acids is 1. The zero-order valence-corrected chi connectivity index (χ0v) is 10.4. The average Bonchev–Trinajstić information content (AvgIpc) is 2.98. The molecule has 4 nitrogen and oxygen atoms in total. The van der Waals surface area contributed by atoms with Crippen LogP contribution in [-0.4, -0.2) is 28.1 Å². The summed E-state index contributed by atoms with van der Waals surface area (Å²) in [7, 11) is 0. The Kier molecular flexibility index (Phi) is 3.12. The third-order valence-electron chi connectivity index (χ3n) is 4.45. The van der Waals surface area contributed by atoms with Crippen LogP contribution in [0.4, 0.5) is 0 Å². The van der Waals surface area contributed by atoms with Crippen LogP contribution in [0.3, 0.4) is 0 Å². The van der Waals surface area contributed by atoms with Gasteiger partial charge in [-0.25, -0.2) is 0 Å². The van der Waals surface area contributed by atoms with Gasteiger partial charge in [-0.1, -0.05) is 12.8 Å². The van der Waals surface area contributed by atoms with E-state index in [-0.39, 0.29) is 6.04 Å². The molecular weight excluding hydrogens is 230 g/mol. The first-order chi connectivity index (χ1) is 8.75. The second kappa shape index (κ2) is 4.76. The van der Waals surface area contributed by atoms with Crippen molar-refractivity contribution in [2.75, 3.05) is 0 Å². The molecule has 3 unspecified atom stereocenters. The van der Waals surface area contributed by atoms with Gasteiger partial charge in [-0.3, -0.25) is 9.69 Å². The Morgan fingerprint density at radius 1 is 1.44 bits per heavy atom. The summed E-state index contributed by atoms with van der Waals surface area (Å²) in [6.45, 7) is 0.703. The molecule has 0 bridgehead atoms. The van der Waals surface area contributed by atoms with E-state index in [2.05, 4.69) is 4.90 Å². The van der Waals surface area contributed by atoms with E-state index >= 15 is 0 Å². The van der Waals surface area contributed by atoms with Crippen LogP contribution in [0.15, 0.2) is 23.0 Å². The predicted molar refractivity (Wildman–Crippen MR) is 66.0 cm³/mol. The Balaban J connectivity index is 1.80. The summed E-state index contributed by atoms with van der Waals surface area (Å²) < 4.78 is 5.08. The van der Waals surface area contributed by atoms with Gasteiger partial charge < -0.3 is 9.52 Å². The lowest BCUT2D eigenvalue weighted by atomic mass is 9.85. The zero-order valence-electron chi connectivity index (χ0n) is 10.4. The van der Waals surface area contributed by atoms with Crippen molar-refractivity contribution in [1.82, 2.24) is 4.90 Å². The highest BCUT2D eigenvalue weighted by Crippen LogP contribution is 2.40. The van der Waals surface area contributed by atoms with Crippen LogP contribution in [0.1, 0.15) is 37.7 Å². The van der Waals surface area contributed by atoms with Crippen LogP contribution in [0.2, 0.25) is 0 Å². The van der Waals surface area contributed by atoms with Crippen molar-refractivity contribution in [1.29, 1.82) is 0 Å². The summed E-state index contributed by atoms with van der Waals surface area (Å²) in [6.07, 6.45) is 9.01. The molecule has 0 aromatic carbocycles.